The number of pyridine rings is 1. The molecule has 0 saturated carbocycles. The number of aromatic nitrogens is 1. The van der Waals surface area contributed by atoms with Crippen molar-refractivity contribution in [3.8, 4) is 11.5 Å². The third-order valence-electron chi connectivity index (χ3n) is 4.92. The van der Waals surface area contributed by atoms with Crippen molar-refractivity contribution in [3.63, 3.8) is 0 Å². The summed E-state index contributed by atoms with van der Waals surface area (Å²) >= 11 is 0. The van der Waals surface area contributed by atoms with Gasteiger partial charge in [-0.3, -0.25) is 14.6 Å². The Morgan fingerprint density at radius 3 is 2.62 bits per heavy atom. The molecule has 1 atom stereocenters. The summed E-state index contributed by atoms with van der Waals surface area (Å²) in [4.78, 5) is 27.7. The summed E-state index contributed by atoms with van der Waals surface area (Å²) in [5.41, 5.74) is 9.03. The van der Waals surface area contributed by atoms with E-state index in [0.29, 0.717) is 35.7 Å². The molecular formula is C23H20N2O4. The highest BCUT2D eigenvalue weighted by atomic mass is 16.5. The van der Waals surface area contributed by atoms with Gasteiger partial charge in [-0.25, -0.2) is 0 Å². The molecule has 0 aliphatic carbocycles. The van der Waals surface area contributed by atoms with E-state index in [-0.39, 0.29) is 5.78 Å². The van der Waals surface area contributed by atoms with Gasteiger partial charge in [0.15, 0.2) is 5.78 Å². The molecule has 6 nitrogen and oxygen atoms in total. The molecule has 1 unspecified atom stereocenters. The van der Waals surface area contributed by atoms with Crippen LogP contribution in [0.1, 0.15) is 49.9 Å². The van der Waals surface area contributed by atoms with Crippen LogP contribution in [0.5, 0.6) is 11.5 Å². The molecule has 1 aromatic heterocycles. The highest BCUT2D eigenvalue weighted by Gasteiger charge is 2.22. The number of ketones is 1. The van der Waals surface area contributed by atoms with Gasteiger partial charge in [0.1, 0.15) is 17.6 Å². The van der Waals surface area contributed by atoms with Gasteiger partial charge in [-0.15, -0.1) is 0 Å². The van der Waals surface area contributed by atoms with E-state index in [1.807, 2.05) is 31.2 Å². The van der Waals surface area contributed by atoms with Gasteiger partial charge in [0, 0.05) is 30.4 Å². The zero-order valence-corrected chi connectivity index (χ0v) is 15.9. The monoisotopic (exact) mass is 388 g/mol. The third-order valence-corrected chi connectivity index (χ3v) is 4.92. The third kappa shape index (κ3) is 3.82. The van der Waals surface area contributed by atoms with Crippen LogP contribution >= 0.6 is 0 Å². The van der Waals surface area contributed by atoms with E-state index in [4.69, 9.17) is 15.2 Å². The van der Waals surface area contributed by atoms with E-state index in [9.17, 15) is 9.59 Å². The van der Waals surface area contributed by atoms with E-state index < -0.39 is 12.0 Å². The van der Waals surface area contributed by atoms with Crippen LogP contribution in [0.3, 0.4) is 0 Å². The van der Waals surface area contributed by atoms with Gasteiger partial charge in [-0.2, -0.15) is 0 Å². The lowest BCUT2D eigenvalue weighted by atomic mass is 9.97. The van der Waals surface area contributed by atoms with E-state index in [1.54, 1.807) is 36.7 Å². The Morgan fingerprint density at radius 2 is 1.90 bits per heavy atom. The molecular weight excluding hydrogens is 368 g/mol. The van der Waals surface area contributed by atoms with Gasteiger partial charge >= 0.3 is 0 Å². The number of fused-ring (bicyclic) bond motifs is 1. The predicted octanol–water partition coefficient (Wildman–Crippen LogP) is 3.62. The number of carbonyl (C=O) groups is 2. The van der Waals surface area contributed by atoms with Crippen LogP contribution in [0, 0.1) is 6.92 Å². The standard InChI is InChI=1S/C23H20N2O4/c1-14-12-16(2-4-18(14)23(24)27)22(15-6-9-25-10-7-15)29-17-3-5-19-20(26)8-11-28-21(19)13-17/h2-7,9-10,12-13,22H,8,11H2,1H3,(H2,24,27). The Morgan fingerprint density at radius 1 is 1.10 bits per heavy atom. The molecule has 2 heterocycles. The molecule has 3 aromatic rings. The minimum absolute atomic E-state index is 0.0705. The van der Waals surface area contributed by atoms with Crippen molar-refractivity contribution >= 4 is 11.7 Å². The van der Waals surface area contributed by atoms with Crippen LogP contribution in [0.25, 0.3) is 0 Å². The predicted molar refractivity (Wildman–Crippen MR) is 107 cm³/mol. The first kappa shape index (κ1) is 18.7. The van der Waals surface area contributed by atoms with Gasteiger partial charge in [0.25, 0.3) is 0 Å². The Kier molecular flexibility index (Phi) is 4.99. The summed E-state index contributed by atoms with van der Waals surface area (Å²) in [5.74, 6) is 0.720. The fourth-order valence-electron chi connectivity index (χ4n) is 3.44. The van der Waals surface area contributed by atoms with Crippen LogP contribution in [-0.4, -0.2) is 23.3 Å². The molecule has 2 N–H and O–H groups in total. The number of ether oxygens (including phenoxy) is 2. The number of aryl methyl sites for hydroxylation is 1. The van der Waals surface area contributed by atoms with Crippen molar-refractivity contribution in [2.75, 3.05) is 6.61 Å². The van der Waals surface area contributed by atoms with Crippen LogP contribution in [0.2, 0.25) is 0 Å². The summed E-state index contributed by atoms with van der Waals surface area (Å²) in [6.07, 6.45) is 3.35. The molecule has 1 amide bonds. The SMILES string of the molecule is Cc1cc(C(Oc2ccc3c(c2)OCCC3=O)c2ccncc2)ccc1C(N)=O. The first-order valence-corrected chi connectivity index (χ1v) is 9.30. The Balaban J connectivity index is 1.72. The van der Waals surface area contributed by atoms with E-state index in [2.05, 4.69) is 4.98 Å². The number of hydrogen-bond acceptors (Lipinski definition) is 5. The van der Waals surface area contributed by atoms with Gasteiger partial charge in [0.05, 0.1) is 12.2 Å². The van der Waals surface area contributed by atoms with Crippen LogP contribution in [0.4, 0.5) is 0 Å². The van der Waals surface area contributed by atoms with Gasteiger partial charge in [0.2, 0.25) is 5.91 Å². The smallest absolute Gasteiger partial charge is 0.248 e. The molecule has 0 saturated heterocycles. The molecule has 0 spiro atoms. The van der Waals surface area contributed by atoms with E-state index >= 15 is 0 Å². The largest absolute Gasteiger partial charge is 0.492 e. The quantitative estimate of drug-likeness (QED) is 0.721. The lowest BCUT2D eigenvalue weighted by Gasteiger charge is -2.23. The second-order valence-corrected chi connectivity index (χ2v) is 6.90. The number of rotatable bonds is 5. The number of Topliss-reactive ketones (excluding diaryl/α,β-unsaturated/α-hetero) is 1. The zero-order chi connectivity index (χ0) is 20.4. The van der Waals surface area contributed by atoms with Crippen molar-refractivity contribution in [1.29, 1.82) is 0 Å². The number of hydrogen-bond donors (Lipinski definition) is 1. The Hall–Kier alpha value is -3.67. The molecule has 1 aliphatic rings. The van der Waals surface area contributed by atoms with Crippen molar-refractivity contribution in [2.24, 2.45) is 5.73 Å². The highest BCUT2D eigenvalue weighted by molar-refractivity contribution is 5.99. The molecule has 0 bridgehead atoms. The summed E-state index contributed by atoms with van der Waals surface area (Å²) in [7, 11) is 0. The number of amides is 1. The molecule has 0 radical (unpaired) electrons. The lowest BCUT2D eigenvalue weighted by Crippen LogP contribution is -2.16. The second kappa shape index (κ2) is 7.75. The van der Waals surface area contributed by atoms with Crippen molar-refractivity contribution in [3.05, 3.63) is 88.7 Å². The van der Waals surface area contributed by atoms with Gasteiger partial charge < -0.3 is 15.2 Å². The number of nitrogens with zero attached hydrogens (tertiary/aromatic N) is 1. The number of primary amides is 1. The highest BCUT2D eigenvalue weighted by Crippen LogP contribution is 2.34. The van der Waals surface area contributed by atoms with E-state index in [0.717, 1.165) is 16.7 Å². The van der Waals surface area contributed by atoms with Crippen LogP contribution in [-0.2, 0) is 0 Å². The summed E-state index contributed by atoms with van der Waals surface area (Å²) < 4.78 is 11.9. The average molecular weight is 388 g/mol. The van der Waals surface area contributed by atoms with Gasteiger partial charge in [-0.1, -0.05) is 12.1 Å². The minimum atomic E-state index is -0.466. The summed E-state index contributed by atoms with van der Waals surface area (Å²) in [6.45, 7) is 2.21. The molecule has 6 heteroatoms. The van der Waals surface area contributed by atoms with E-state index in [1.165, 1.54) is 0 Å². The summed E-state index contributed by atoms with van der Waals surface area (Å²) in [5, 5.41) is 0. The Bertz CT molecular complexity index is 1080. The van der Waals surface area contributed by atoms with Crippen molar-refractivity contribution < 1.29 is 19.1 Å². The Labute approximate surface area is 168 Å². The topological polar surface area (TPSA) is 91.5 Å². The molecule has 4 rings (SSSR count). The molecule has 1 aliphatic heterocycles. The van der Waals surface area contributed by atoms with Gasteiger partial charge in [-0.05, 0) is 53.9 Å². The first-order valence-electron chi connectivity index (χ1n) is 9.30. The van der Waals surface area contributed by atoms with Crippen molar-refractivity contribution in [2.45, 2.75) is 19.4 Å². The zero-order valence-electron chi connectivity index (χ0n) is 15.9. The second-order valence-electron chi connectivity index (χ2n) is 6.90. The average Bonchev–Trinajstić information content (AvgIpc) is 2.72. The summed E-state index contributed by atoms with van der Waals surface area (Å²) in [6, 6.07) is 14.4. The number of nitrogens with two attached hydrogens (primary N) is 1. The fourth-order valence-corrected chi connectivity index (χ4v) is 3.44. The van der Waals surface area contributed by atoms with Crippen molar-refractivity contribution in [1.82, 2.24) is 4.98 Å². The number of carbonyl (C=O) groups excluding carboxylic acids is 2. The maximum absolute atomic E-state index is 12.0. The molecule has 0 fully saturated rings. The fraction of sp³-hybridized carbons (Fsp3) is 0.174. The van der Waals surface area contributed by atoms with Crippen LogP contribution < -0.4 is 15.2 Å². The van der Waals surface area contributed by atoms with Crippen LogP contribution in [0.15, 0.2) is 60.9 Å². The first-order chi connectivity index (χ1) is 14.0. The lowest BCUT2D eigenvalue weighted by molar-refractivity contribution is 0.0932. The molecule has 2 aromatic carbocycles. The maximum Gasteiger partial charge on any atom is 0.248 e. The number of benzene rings is 2. The maximum atomic E-state index is 12.0. The molecule has 146 valence electrons. The molecule has 29 heavy (non-hydrogen) atoms. The minimum Gasteiger partial charge on any atom is -0.492 e. The normalized spacial score (nSPS) is 13.9.